The maximum absolute atomic E-state index is 14.6. The Hall–Kier alpha value is -3.33. The van der Waals surface area contributed by atoms with Crippen molar-refractivity contribution in [3.8, 4) is 6.07 Å². The number of piperidine rings is 1. The highest BCUT2D eigenvalue weighted by molar-refractivity contribution is 7.90. The monoisotopic (exact) mass is 504 g/mol. The average molecular weight is 505 g/mol. The van der Waals surface area contributed by atoms with E-state index in [-0.39, 0.29) is 23.3 Å². The molecule has 1 N–H and O–H groups in total. The molecule has 35 heavy (non-hydrogen) atoms. The first kappa shape index (κ1) is 24.8. The molecular formula is C23H26F2N6O3S. The quantitative estimate of drug-likeness (QED) is 0.660. The van der Waals surface area contributed by atoms with Crippen LogP contribution in [0, 0.1) is 23.0 Å². The van der Waals surface area contributed by atoms with E-state index in [4.69, 9.17) is 0 Å². The highest BCUT2D eigenvalue weighted by Gasteiger charge is 2.34. The van der Waals surface area contributed by atoms with Gasteiger partial charge in [-0.05, 0) is 38.2 Å². The Kier molecular flexibility index (Phi) is 7.16. The van der Waals surface area contributed by atoms with Gasteiger partial charge in [0, 0.05) is 50.4 Å². The molecule has 1 aromatic carbocycles. The lowest BCUT2D eigenvalue weighted by atomic mass is 10.0. The predicted molar refractivity (Wildman–Crippen MR) is 124 cm³/mol. The van der Waals surface area contributed by atoms with Crippen molar-refractivity contribution in [3.63, 3.8) is 0 Å². The number of hydrogen-bond acceptors (Lipinski definition) is 8. The van der Waals surface area contributed by atoms with Crippen LogP contribution >= 0.6 is 0 Å². The zero-order valence-corrected chi connectivity index (χ0v) is 20.1. The lowest BCUT2D eigenvalue weighted by Crippen LogP contribution is -2.51. The number of sulfone groups is 1. The first-order valence-corrected chi connectivity index (χ1v) is 13.3. The van der Waals surface area contributed by atoms with Gasteiger partial charge in [-0.2, -0.15) is 5.26 Å². The van der Waals surface area contributed by atoms with Crippen LogP contribution in [0.4, 0.5) is 20.3 Å². The number of nitrogens with one attached hydrogen (secondary N) is 1. The van der Waals surface area contributed by atoms with E-state index >= 15 is 0 Å². The molecule has 2 aliphatic rings. The smallest absolute Gasteiger partial charge is 0.245 e. The second-order valence-corrected chi connectivity index (χ2v) is 10.8. The third kappa shape index (κ3) is 5.35. The van der Waals surface area contributed by atoms with Crippen LogP contribution in [0.3, 0.4) is 0 Å². The lowest BCUT2D eigenvalue weighted by Gasteiger charge is -2.39. The van der Waals surface area contributed by atoms with Gasteiger partial charge in [0.25, 0.3) is 0 Å². The molecule has 0 spiro atoms. The zero-order valence-electron chi connectivity index (χ0n) is 19.2. The van der Waals surface area contributed by atoms with E-state index in [1.807, 2.05) is 9.80 Å². The molecule has 9 nitrogen and oxygen atoms in total. The largest absolute Gasteiger partial charge is 0.371 e. The molecule has 12 heteroatoms. The Morgan fingerprint density at radius 2 is 1.77 bits per heavy atom. The lowest BCUT2D eigenvalue weighted by molar-refractivity contribution is -0.134. The number of nitrogens with zero attached hydrogens (tertiary/aromatic N) is 5. The predicted octanol–water partition coefficient (Wildman–Crippen LogP) is 2.49. The number of carbonyl (C=O) groups is 1. The number of nitriles is 1. The third-order valence-electron chi connectivity index (χ3n) is 6.46. The van der Waals surface area contributed by atoms with Crippen molar-refractivity contribution in [2.45, 2.75) is 49.1 Å². The molecule has 2 aromatic rings. The van der Waals surface area contributed by atoms with Gasteiger partial charge in [-0.3, -0.25) is 4.79 Å². The van der Waals surface area contributed by atoms with Crippen molar-refractivity contribution < 1.29 is 22.0 Å². The minimum atomic E-state index is -3.92. The van der Waals surface area contributed by atoms with Crippen LogP contribution in [-0.4, -0.2) is 67.2 Å². The first-order valence-electron chi connectivity index (χ1n) is 11.4. The van der Waals surface area contributed by atoms with E-state index in [1.54, 1.807) is 6.20 Å². The fourth-order valence-electron chi connectivity index (χ4n) is 4.70. The molecule has 2 aliphatic heterocycles. The highest BCUT2D eigenvalue weighted by Crippen LogP contribution is 2.28. The second kappa shape index (κ2) is 10.1. The average Bonchev–Trinajstić information content (AvgIpc) is 3.02. The molecule has 2 fully saturated rings. The van der Waals surface area contributed by atoms with E-state index in [9.17, 15) is 27.3 Å². The van der Waals surface area contributed by atoms with Crippen LogP contribution in [0.1, 0.15) is 37.8 Å². The van der Waals surface area contributed by atoms with E-state index in [0.29, 0.717) is 50.8 Å². The van der Waals surface area contributed by atoms with Gasteiger partial charge in [-0.25, -0.2) is 27.2 Å². The zero-order chi connectivity index (χ0) is 25.2. The molecule has 2 saturated heterocycles. The van der Waals surface area contributed by atoms with E-state index in [2.05, 4.69) is 21.4 Å². The fourth-order valence-corrected chi connectivity index (χ4v) is 5.43. The minimum absolute atomic E-state index is 0.0300. The number of aromatic nitrogens is 2. The van der Waals surface area contributed by atoms with Gasteiger partial charge in [-0.1, -0.05) is 0 Å². The standard InChI is InChI=1S/C23H26F2N6O3S/c1-35(33,34)21-13-16(24)19(12-17(21)25)29-18-4-2-3-9-31(23(18)32)15-5-10-30(11-6-15)22-20(14-26)27-7-8-28-22/h7-8,12-13,15,18,29H,2-6,9-11H2,1H3/t18-/m0/s1. The van der Waals surface area contributed by atoms with Crippen LogP contribution in [0.2, 0.25) is 0 Å². The van der Waals surface area contributed by atoms with Crippen LogP contribution in [0.25, 0.3) is 0 Å². The van der Waals surface area contributed by atoms with Gasteiger partial charge in [0.2, 0.25) is 5.91 Å². The van der Waals surface area contributed by atoms with Gasteiger partial charge >= 0.3 is 0 Å². The molecule has 4 rings (SSSR count). The van der Waals surface area contributed by atoms with Crippen LogP contribution in [-0.2, 0) is 14.6 Å². The molecular weight excluding hydrogens is 478 g/mol. The number of hydrogen-bond donors (Lipinski definition) is 1. The number of likely N-dealkylation sites (tertiary alicyclic amines) is 1. The van der Waals surface area contributed by atoms with Gasteiger partial charge in [-0.15, -0.1) is 0 Å². The fraction of sp³-hybridized carbons (Fsp3) is 0.478. The Morgan fingerprint density at radius 1 is 1.06 bits per heavy atom. The summed E-state index contributed by atoms with van der Waals surface area (Å²) in [6.45, 7) is 1.78. The van der Waals surface area contributed by atoms with Gasteiger partial charge in [0.15, 0.2) is 21.3 Å². The number of benzene rings is 1. The summed E-state index contributed by atoms with van der Waals surface area (Å²) in [4.78, 5) is 24.8. The molecule has 0 radical (unpaired) electrons. The van der Waals surface area contributed by atoms with Crippen molar-refractivity contribution in [1.29, 1.82) is 5.26 Å². The highest BCUT2D eigenvalue weighted by atomic mass is 32.2. The molecule has 0 unspecified atom stereocenters. The van der Waals surface area contributed by atoms with Crippen molar-refractivity contribution in [2.75, 3.05) is 36.1 Å². The van der Waals surface area contributed by atoms with Crippen LogP contribution in [0.15, 0.2) is 29.4 Å². The maximum Gasteiger partial charge on any atom is 0.245 e. The van der Waals surface area contributed by atoms with E-state index < -0.39 is 32.4 Å². The van der Waals surface area contributed by atoms with E-state index in [0.717, 1.165) is 25.2 Å². The van der Waals surface area contributed by atoms with Crippen molar-refractivity contribution in [3.05, 3.63) is 41.9 Å². The Morgan fingerprint density at radius 3 is 2.46 bits per heavy atom. The topological polar surface area (TPSA) is 119 Å². The SMILES string of the molecule is CS(=O)(=O)c1cc(F)c(N[C@H]2CCCCN(C3CCN(c4nccnc4C#N)CC3)C2=O)cc1F. The summed E-state index contributed by atoms with van der Waals surface area (Å²) in [5.74, 6) is -1.65. The molecule has 1 amide bonds. The number of carbonyl (C=O) groups excluding carboxylic acids is 1. The van der Waals surface area contributed by atoms with Crippen LogP contribution < -0.4 is 10.2 Å². The summed E-state index contributed by atoms with van der Waals surface area (Å²) >= 11 is 0. The Labute approximate surface area is 202 Å². The molecule has 3 heterocycles. The summed E-state index contributed by atoms with van der Waals surface area (Å²) in [5.41, 5.74) is 0.0221. The summed E-state index contributed by atoms with van der Waals surface area (Å²) in [6.07, 6.45) is 7.14. The van der Waals surface area contributed by atoms with Crippen LogP contribution in [0.5, 0.6) is 0 Å². The van der Waals surface area contributed by atoms with Crippen molar-refractivity contribution in [1.82, 2.24) is 14.9 Å². The molecule has 0 saturated carbocycles. The Balaban J connectivity index is 1.47. The molecule has 0 aliphatic carbocycles. The third-order valence-corrected chi connectivity index (χ3v) is 7.58. The number of rotatable bonds is 5. The van der Waals surface area contributed by atoms with Gasteiger partial charge in [0.05, 0.1) is 5.69 Å². The Bertz CT molecular complexity index is 1260. The molecule has 186 valence electrons. The summed E-state index contributed by atoms with van der Waals surface area (Å²) in [7, 11) is -3.92. The molecule has 1 atom stereocenters. The van der Waals surface area contributed by atoms with Crippen molar-refractivity contribution >= 4 is 27.2 Å². The molecule has 0 bridgehead atoms. The summed E-state index contributed by atoms with van der Waals surface area (Å²) < 4.78 is 52.3. The second-order valence-electron chi connectivity index (χ2n) is 8.82. The number of amides is 1. The van der Waals surface area contributed by atoms with Crippen molar-refractivity contribution in [2.24, 2.45) is 0 Å². The molecule has 1 aromatic heterocycles. The normalized spacial score (nSPS) is 19.8. The summed E-state index contributed by atoms with van der Waals surface area (Å²) in [6, 6.07) is 2.71. The summed E-state index contributed by atoms with van der Waals surface area (Å²) in [5, 5.41) is 12.1. The maximum atomic E-state index is 14.6. The minimum Gasteiger partial charge on any atom is -0.371 e. The van der Waals surface area contributed by atoms with Gasteiger partial charge in [0.1, 0.15) is 28.6 Å². The first-order chi connectivity index (χ1) is 16.7. The van der Waals surface area contributed by atoms with Gasteiger partial charge < -0.3 is 15.1 Å². The number of halogens is 2. The van der Waals surface area contributed by atoms with E-state index in [1.165, 1.54) is 6.20 Å². The number of anilines is 2.